The standard InChI is InChI=1S/C13H14N2O5/c1-4-20-13(17)11(16)7-5-14-10-9(7)8(18-2)6-15-12(10)19-3/h5-6,14H,4H2,1-3H3/i11+2,13+2. The zero-order valence-corrected chi connectivity index (χ0v) is 11.4. The number of hydrogen-bond donors (Lipinski definition) is 1. The van der Waals surface area contributed by atoms with E-state index < -0.39 is 11.8 Å². The van der Waals surface area contributed by atoms with Crippen molar-refractivity contribution < 1.29 is 23.8 Å². The largest absolute Gasteiger partial charge is 0.494 e. The van der Waals surface area contributed by atoms with Crippen LogP contribution in [0.3, 0.4) is 0 Å². The third-order valence-corrected chi connectivity index (χ3v) is 2.76. The van der Waals surface area contributed by atoms with Gasteiger partial charge in [-0.15, -0.1) is 0 Å². The van der Waals surface area contributed by atoms with Crippen molar-refractivity contribution in [2.45, 2.75) is 6.92 Å². The molecule has 0 atom stereocenters. The Labute approximate surface area is 114 Å². The Kier molecular flexibility index (Phi) is 3.88. The highest BCUT2D eigenvalue weighted by atomic mass is 16.8. The van der Waals surface area contributed by atoms with Gasteiger partial charge in [0, 0.05) is 6.20 Å². The van der Waals surface area contributed by atoms with Crippen molar-refractivity contribution in [3.05, 3.63) is 18.0 Å². The van der Waals surface area contributed by atoms with Crippen LogP contribution in [0.2, 0.25) is 0 Å². The Bertz CT molecular complexity index is 662. The van der Waals surface area contributed by atoms with E-state index in [4.69, 9.17) is 14.2 Å². The van der Waals surface area contributed by atoms with Crippen molar-refractivity contribution in [2.75, 3.05) is 20.8 Å². The average molecular weight is 282 g/mol. The fourth-order valence-corrected chi connectivity index (χ4v) is 1.89. The van der Waals surface area contributed by atoms with Gasteiger partial charge < -0.3 is 19.2 Å². The Morgan fingerprint density at radius 1 is 1.30 bits per heavy atom. The van der Waals surface area contributed by atoms with Crippen molar-refractivity contribution in [3.8, 4) is 11.6 Å². The molecule has 0 aromatic carbocycles. The van der Waals surface area contributed by atoms with Gasteiger partial charge in [0.25, 0.3) is 5.78 Å². The van der Waals surface area contributed by atoms with E-state index in [-0.39, 0.29) is 12.2 Å². The Morgan fingerprint density at radius 2 is 2.05 bits per heavy atom. The minimum atomic E-state index is -0.911. The van der Waals surface area contributed by atoms with Gasteiger partial charge in [-0.3, -0.25) is 4.79 Å². The summed E-state index contributed by atoms with van der Waals surface area (Å²) in [6.45, 7) is 1.77. The summed E-state index contributed by atoms with van der Waals surface area (Å²) in [6.07, 6.45) is 2.84. The molecule has 0 saturated carbocycles. The summed E-state index contributed by atoms with van der Waals surface area (Å²) < 4.78 is 15.0. The third kappa shape index (κ3) is 2.18. The van der Waals surface area contributed by atoms with Crippen LogP contribution in [0, 0.1) is 0 Å². The summed E-state index contributed by atoms with van der Waals surface area (Å²) in [5.41, 5.74) is 0.649. The van der Waals surface area contributed by atoms with Gasteiger partial charge in [-0.25, -0.2) is 9.78 Å². The van der Waals surface area contributed by atoms with E-state index in [1.54, 1.807) is 6.92 Å². The summed E-state index contributed by atoms with van der Waals surface area (Å²) in [4.78, 5) is 30.5. The minimum Gasteiger partial charge on any atom is -0.494 e. The second-order valence-corrected chi connectivity index (χ2v) is 3.84. The van der Waals surface area contributed by atoms with Gasteiger partial charge in [0.15, 0.2) is 0 Å². The number of nitrogens with one attached hydrogen (secondary N) is 1. The Morgan fingerprint density at radius 3 is 2.65 bits per heavy atom. The predicted molar refractivity (Wildman–Crippen MR) is 70.2 cm³/mol. The molecule has 0 spiro atoms. The normalized spacial score (nSPS) is 10.3. The second-order valence-electron chi connectivity index (χ2n) is 3.84. The molecule has 106 valence electrons. The summed E-state index contributed by atoms with van der Waals surface area (Å²) in [7, 11) is 2.91. The molecule has 0 radical (unpaired) electrons. The summed E-state index contributed by atoms with van der Waals surface area (Å²) in [6, 6.07) is 0. The number of rotatable bonds is 5. The van der Waals surface area contributed by atoms with Gasteiger partial charge in [0.05, 0.1) is 38.0 Å². The number of carbonyl (C=O) groups excluding carboxylic acids is 2. The van der Waals surface area contributed by atoms with E-state index in [2.05, 4.69) is 9.97 Å². The molecule has 0 bridgehead atoms. The van der Waals surface area contributed by atoms with E-state index in [1.165, 1.54) is 26.6 Å². The van der Waals surface area contributed by atoms with Crippen LogP contribution >= 0.6 is 0 Å². The zero-order chi connectivity index (χ0) is 14.7. The molecule has 2 aromatic heterocycles. The molecule has 0 amide bonds. The number of ether oxygens (including phenoxy) is 3. The molecule has 2 heterocycles. The first kappa shape index (κ1) is 13.9. The molecule has 20 heavy (non-hydrogen) atoms. The number of Topliss-reactive ketones (excluding diaryl/α,β-unsaturated/α-hetero) is 1. The minimum absolute atomic E-state index is 0.134. The van der Waals surface area contributed by atoms with Gasteiger partial charge in [-0.2, -0.15) is 0 Å². The second kappa shape index (κ2) is 5.60. The molecule has 7 nitrogen and oxygen atoms in total. The first-order valence-electron chi connectivity index (χ1n) is 5.93. The number of nitrogens with zero attached hydrogens (tertiary/aromatic N) is 1. The molecule has 0 aliphatic carbocycles. The fraction of sp³-hybridized carbons (Fsp3) is 0.308. The third-order valence-electron chi connectivity index (χ3n) is 2.76. The van der Waals surface area contributed by atoms with Crippen LogP contribution in [0.1, 0.15) is 17.3 Å². The van der Waals surface area contributed by atoms with Crippen molar-refractivity contribution in [1.82, 2.24) is 9.97 Å². The zero-order valence-electron chi connectivity index (χ0n) is 11.4. The summed E-state index contributed by atoms with van der Waals surface area (Å²) in [5, 5.41) is 0.442. The van der Waals surface area contributed by atoms with Crippen LogP contribution in [0.25, 0.3) is 10.9 Å². The number of hydrogen-bond acceptors (Lipinski definition) is 6. The number of pyridine rings is 1. The number of aromatic amines is 1. The molecule has 0 saturated heterocycles. The maximum atomic E-state index is 12.1. The number of carbonyl (C=O) groups is 2. The van der Waals surface area contributed by atoms with E-state index >= 15 is 0 Å². The molecular weight excluding hydrogens is 268 g/mol. The highest BCUT2D eigenvalue weighted by Gasteiger charge is 2.25. The van der Waals surface area contributed by atoms with Crippen LogP contribution in [0.15, 0.2) is 12.4 Å². The average Bonchev–Trinajstić information content (AvgIpc) is 2.90. The lowest BCUT2D eigenvalue weighted by Gasteiger charge is -2.06. The SMILES string of the molecule is CCO[14C](=O)[14C](=O)c1c[nH]c2c(OC)ncc(OC)c12. The number of fused-ring (bicyclic) bond motifs is 1. The van der Waals surface area contributed by atoms with E-state index in [0.29, 0.717) is 22.5 Å². The van der Waals surface area contributed by atoms with E-state index in [9.17, 15) is 9.59 Å². The van der Waals surface area contributed by atoms with Crippen LogP contribution < -0.4 is 9.47 Å². The molecular formula is C13H14N2O5. The Balaban J connectivity index is 2.60. The van der Waals surface area contributed by atoms with Gasteiger partial charge >= 0.3 is 5.97 Å². The van der Waals surface area contributed by atoms with E-state index in [1.807, 2.05) is 0 Å². The van der Waals surface area contributed by atoms with Crippen molar-refractivity contribution in [1.29, 1.82) is 0 Å². The molecule has 1 N–H and O–H groups in total. The number of H-pyrrole nitrogens is 1. The molecule has 2 rings (SSSR count). The quantitative estimate of drug-likeness (QED) is 0.505. The maximum Gasteiger partial charge on any atom is 0.379 e. The lowest BCUT2D eigenvalue weighted by Crippen LogP contribution is -2.17. The predicted octanol–water partition coefficient (Wildman–Crippen LogP) is 1.33. The summed E-state index contributed by atoms with van der Waals surface area (Å²) in [5.74, 6) is -0.978. The maximum absolute atomic E-state index is 12.1. The number of methoxy groups -OCH3 is 2. The van der Waals surface area contributed by atoms with Crippen molar-refractivity contribution in [3.63, 3.8) is 0 Å². The first-order chi connectivity index (χ1) is 9.63. The monoisotopic (exact) mass is 282 g/mol. The smallest absolute Gasteiger partial charge is 0.379 e. The molecule has 7 heteroatoms. The lowest BCUT2D eigenvalue weighted by atomic mass is 10.2. The molecule has 0 aliphatic heterocycles. The molecule has 2 aromatic rings. The Hall–Kier alpha value is -2.57. The fourth-order valence-electron chi connectivity index (χ4n) is 1.89. The van der Waals surface area contributed by atoms with Crippen LogP contribution in [-0.4, -0.2) is 42.5 Å². The number of ketones is 1. The number of aromatic nitrogens is 2. The molecule has 0 unspecified atom stereocenters. The molecule has 0 aliphatic rings. The van der Waals surface area contributed by atoms with E-state index in [0.717, 1.165) is 0 Å². The highest BCUT2D eigenvalue weighted by Crippen LogP contribution is 2.33. The van der Waals surface area contributed by atoms with Gasteiger partial charge in [-0.1, -0.05) is 0 Å². The topological polar surface area (TPSA) is 90.5 Å². The van der Waals surface area contributed by atoms with Crippen molar-refractivity contribution >= 4 is 22.7 Å². The van der Waals surface area contributed by atoms with Gasteiger partial charge in [0.2, 0.25) is 5.88 Å². The molecule has 0 fully saturated rings. The van der Waals surface area contributed by atoms with Crippen molar-refractivity contribution in [2.24, 2.45) is 0 Å². The van der Waals surface area contributed by atoms with Crippen LogP contribution in [0.4, 0.5) is 0 Å². The first-order valence-corrected chi connectivity index (χ1v) is 5.93. The highest BCUT2D eigenvalue weighted by molar-refractivity contribution is 6.43. The van der Waals surface area contributed by atoms with Gasteiger partial charge in [0.1, 0.15) is 11.3 Å². The van der Waals surface area contributed by atoms with Crippen LogP contribution in [0.5, 0.6) is 11.6 Å². The summed E-state index contributed by atoms with van der Waals surface area (Å²) >= 11 is 0. The van der Waals surface area contributed by atoms with Crippen LogP contribution in [-0.2, 0) is 9.53 Å². The number of esters is 1. The lowest BCUT2D eigenvalue weighted by molar-refractivity contribution is -0.137. The van der Waals surface area contributed by atoms with Gasteiger partial charge in [-0.05, 0) is 6.92 Å².